The molecule has 0 heterocycles. The van der Waals surface area contributed by atoms with Gasteiger partial charge in [0.05, 0.1) is 0 Å². The first-order chi connectivity index (χ1) is 8.70. The van der Waals surface area contributed by atoms with E-state index in [-0.39, 0.29) is 11.9 Å². The van der Waals surface area contributed by atoms with Crippen LogP contribution in [0.4, 0.5) is 0 Å². The number of hydrogen-bond acceptors (Lipinski definition) is 1. The van der Waals surface area contributed by atoms with Crippen LogP contribution in [0.1, 0.15) is 41.6 Å². The molecule has 1 saturated carbocycles. The Morgan fingerprint density at radius 3 is 2.89 bits per heavy atom. The number of amides is 1. The zero-order chi connectivity index (χ0) is 13.0. The smallest absolute Gasteiger partial charge is 0.251 e. The van der Waals surface area contributed by atoms with Crippen molar-refractivity contribution < 1.29 is 4.79 Å². The molecule has 3 heteroatoms. The highest BCUT2D eigenvalue weighted by Crippen LogP contribution is 2.25. The summed E-state index contributed by atoms with van der Waals surface area (Å²) in [7, 11) is 0. The van der Waals surface area contributed by atoms with Crippen molar-refractivity contribution in [2.45, 2.75) is 38.6 Å². The molecule has 1 aliphatic carbocycles. The highest BCUT2D eigenvalue weighted by Gasteiger charge is 2.23. The average molecular weight is 266 g/mol. The lowest BCUT2D eigenvalue weighted by Crippen LogP contribution is -2.39. The molecule has 0 spiro atoms. The molecular formula is C15H20ClNO. The SMILES string of the molecule is Cc1ccccc1C(=O)NC1CCCC(CCl)C1. The number of carbonyl (C=O) groups excluding carboxylic acids is 1. The first-order valence-electron chi connectivity index (χ1n) is 6.63. The number of halogens is 1. The number of nitrogens with one attached hydrogen (secondary N) is 1. The summed E-state index contributed by atoms with van der Waals surface area (Å²) >= 11 is 5.91. The Morgan fingerprint density at radius 2 is 2.17 bits per heavy atom. The van der Waals surface area contributed by atoms with Crippen molar-refractivity contribution in [3.63, 3.8) is 0 Å². The van der Waals surface area contributed by atoms with Crippen molar-refractivity contribution in [2.75, 3.05) is 5.88 Å². The summed E-state index contributed by atoms with van der Waals surface area (Å²) in [5, 5.41) is 3.14. The molecule has 18 heavy (non-hydrogen) atoms. The number of alkyl halides is 1. The molecule has 1 aliphatic rings. The van der Waals surface area contributed by atoms with Crippen molar-refractivity contribution in [2.24, 2.45) is 5.92 Å². The Bertz CT molecular complexity index is 419. The third-order valence-electron chi connectivity index (χ3n) is 3.73. The van der Waals surface area contributed by atoms with Crippen LogP contribution in [-0.4, -0.2) is 17.8 Å². The van der Waals surface area contributed by atoms with E-state index in [1.54, 1.807) is 0 Å². The Hall–Kier alpha value is -1.02. The lowest BCUT2D eigenvalue weighted by Gasteiger charge is -2.28. The molecule has 0 bridgehead atoms. The zero-order valence-corrected chi connectivity index (χ0v) is 11.5. The first-order valence-corrected chi connectivity index (χ1v) is 7.16. The fourth-order valence-electron chi connectivity index (χ4n) is 2.65. The van der Waals surface area contributed by atoms with Crippen LogP contribution in [-0.2, 0) is 0 Å². The van der Waals surface area contributed by atoms with Gasteiger partial charge in [-0.3, -0.25) is 4.79 Å². The topological polar surface area (TPSA) is 29.1 Å². The molecule has 0 aliphatic heterocycles. The van der Waals surface area contributed by atoms with E-state index in [1.807, 2.05) is 31.2 Å². The van der Waals surface area contributed by atoms with Gasteiger partial charge >= 0.3 is 0 Å². The maximum atomic E-state index is 12.2. The summed E-state index contributed by atoms with van der Waals surface area (Å²) in [5.41, 5.74) is 1.81. The highest BCUT2D eigenvalue weighted by atomic mass is 35.5. The predicted molar refractivity (Wildman–Crippen MR) is 75.1 cm³/mol. The molecule has 0 radical (unpaired) electrons. The van der Waals surface area contributed by atoms with Crippen LogP contribution in [0.25, 0.3) is 0 Å². The van der Waals surface area contributed by atoms with E-state index in [0.29, 0.717) is 11.8 Å². The van der Waals surface area contributed by atoms with Gasteiger partial charge in [-0.25, -0.2) is 0 Å². The normalized spacial score (nSPS) is 23.7. The van der Waals surface area contributed by atoms with Gasteiger partial charge in [0.2, 0.25) is 0 Å². The lowest BCUT2D eigenvalue weighted by molar-refractivity contribution is 0.0921. The standard InChI is InChI=1S/C15H20ClNO/c1-11-5-2-3-8-14(11)15(18)17-13-7-4-6-12(9-13)10-16/h2-3,5,8,12-13H,4,6-7,9-10H2,1H3,(H,17,18). The van der Waals surface area contributed by atoms with Gasteiger partial charge in [-0.1, -0.05) is 24.6 Å². The van der Waals surface area contributed by atoms with Gasteiger partial charge in [0, 0.05) is 17.5 Å². The van der Waals surface area contributed by atoms with Gasteiger partial charge < -0.3 is 5.32 Å². The quantitative estimate of drug-likeness (QED) is 0.833. The van der Waals surface area contributed by atoms with Crippen LogP contribution >= 0.6 is 11.6 Å². The molecule has 98 valence electrons. The van der Waals surface area contributed by atoms with Gasteiger partial charge in [-0.05, 0) is 43.7 Å². The van der Waals surface area contributed by atoms with E-state index in [2.05, 4.69) is 5.32 Å². The monoisotopic (exact) mass is 265 g/mol. The van der Waals surface area contributed by atoms with E-state index in [0.717, 1.165) is 30.4 Å². The molecule has 1 amide bonds. The van der Waals surface area contributed by atoms with Gasteiger partial charge in [0.1, 0.15) is 0 Å². The van der Waals surface area contributed by atoms with E-state index >= 15 is 0 Å². The number of rotatable bonds is 3. The Balaban J connectivity index is 1.97. The van der Waals surface area contributed by atoms with Crippen molar-refractivity contribution in [1.29, 1.82) is 0 Å². The molecule has 2 atom stereocenters. The molecule has 1 fully saturated rings. The summed E-state index contributed by atoms with van der Waals surface area (Å²) < 4.78 is 0. The van der Waals surface area contributed by atoms with Crippen molar-refractivity contribution >= 4 is 17.5 Å². The summed E-state index contributed by atoms with van der Waals surface area (Å²) in [6, 6.07) is 8.00. The van der Waals surface area contributed by atoms with Gasteiger partial charge in [0.25, 0.3) is 5.91 Å². The van der Waals surface area contributed by atoms with Crippen molar-refractivity contribution in [3.05, 3.63) is 35.4 Å². The maximum absolute atomic E-state index is 12.2. The second-order valence-electron chi connectivity index (χ2n) is 5.17. The van der Waals surface area contributed by atoms with E-state index in [1.165, 1.54) is 6.42 Å². The molecule has 0 aromatic heterocycles. The predicted octanol–water partition coefficient (Wildman–Crippen LogP) is 3.52. The van der Waals surface area contributed by atoms with Gasteiger partial charge in [-0.2, -0.15) is 0 Å². The first kappa shape index (κ1) is 13.4. The third kappa shape index (κ3) is 3.26. The molecular weight excluding hydrogens is 246 g/mol. The summed E-state index contributed by atoms with van der Waals surface area (Å²) in [5.74, 6) is 1.31. The Labute approximate surface area is 114 Å². The fraction of sp³-hybridized carbons (Fsp3) is 0.533. The van der Waals surface area contributed by atoms with E-state index < -0.39 is 0 Å². The van der Waals surface area contributed by atoms with Crippen LogP contribution in [0, 0.1) is 12.8 Å². The second kappa shape index (κ2) is 6.24. The summed E-state index contributed by atoms with van der Waals surface area (Å²) in [6.07, 6.45) is 4.45. The Morgan fingerprint density at radius 1 is 1.39 bits per heavy atom. The molecule has 0 saturated heterocycles. The number of carbonyl (C=O) groups is 1. The maximum Gasteiger partial charge on any atom is 0.251 e. The number of benzene rings is 1. The van der Waals surface area contributed by atoms with Crippen molar-refractivity contribution in [3.8, 4) is 0 Å². The lowest BCUT2D eigenvalue weighted by atomic mass is 9.87. The molecule has 1 N–H and O–H groups in total. The summed E-state index contributed by atoms with van der Waals surface area (Å²) in [4.78, 5) is 12.2. The minimum atomic E-state index is 0.0494. The van der Waals surface area contributed by atoms with Crippen LogP contribution in [0.2, 0.25) is 0 Å². The van der Waals surface area contributed by atoms with Gasteiger partial charge in [0.15, 0.2) is 0 Å². The van der Waals surface area contributed by atoms with Crippen LogP contribution in [0.5, 0.6) is 0 Å². The fourth-order valence-corrected chi connectivity index (χ4v) is 2.93. The Kier molecular flexibility index (Phi) is 4.65. The minimum absolute atomic E-state index is 0.0494. The average Bonchev–Trinajstić information content (AvgIpc) is 2.39. The minimum Gasteiger partial charge on any atom is -0.349 e. The van der Waals surface area contributed by atoms with Crippen LogP contribution in [0.3, 0.4) is 0 Å². The van der Waals surface area contributed by atoms with E-state index in [9.17, 15) is 4.79 Å². The van der Waals surface area contributed by atoms with E-state index in [4.69, 9.17) is 11.6 Å². The largest absolute Gasteiger partial charge is 0.349 e. The summed E-state index contributed by atoms with van der Waals surface area (Å²) in [6.45, 7) is 1.97. The number of aryl methyl sites for hydroxylation is 1. The highest BCUT2D eigenvalue weighted by molar-refractivity contribution is 6.18. The third-order valence-corrected chi connectivity index (χ3v) is 4.16. The number of hydrogen-bond donors (Lipinski definition) is 1. The van der Waals surface area contributed by atoms with Crippen molar-refractivity contribution in [1.82, 2.24) is 5.32 Å². The van der Waals surface area contributed by atoms with Crippen LogP contribution < -0.4 is 5.32 Å². The van der Waals surface area contributed by atoms with Crippen LogP contribution in [0.15, 0.2) is 24.3 Å². The molecule has 2 rings (SSSR count). The van der Waals surface area contributed by atoms with Gasteiger partial charge in [-0.15, -0.1) is 11.6 Å². The molecule has 1 aromatic rings. The molecule has 1 aromatic carbocycles. The second-order valence-corrected chi connectivity index (χ2v) is 5.48. The molecule has 2 unspecified atom stereocenters. The zero-order valence-electron chi connectivity index (χ0n) is 10.8. The molecule has 2 nitrogen and oxygen atoms in total.